The maximum Gasteiger partial charge on any atom is 0.0693 e. The average molecular weight is 171 g/mol. The molecule has 0 aromatic rings. The minimum Gasteiger partial charge on any atom is -0.392 e. The number of rotatable bonds is 2. The van der Waals surface area contributed by atoms with Crippen LogP contribution in [0.15, 0.2) is 0 Å². The summed E-state index contributed by atoms with van der Waals surface area (Å²) >= 11 is 0. The van der Waals surface area contributed by atoms with Crippen molar-refractivity contribution in [2.45, 2.75) is 64.1 Å². The summed E-state index contributed by atoms with van der Waals surface area (Å²) in [5.41, 5.74) is 0. The Hall–Kier alpha value is -0.0800. The van der Waals surface area contributed by atoms with Gasteiger partial charge < -0.3 is 10.4 Å². The summed E-state index contributed by atoms with van der Waals surface area (Å²) in [5, 5.41) is 13.2. The SMILES string of the molecule is CC(C)N[C@H]1CCCCC[C@H]1O. The third-order valence-corrected chi connectivity index (χ3v) is 2.53. The van der Waals surface area contributed by atoms with Crippen molar-refractivity contribution < 1.29 is 5.11 Å². The fraction of sp³-hybridized carbons (Fsp3) is 1.00. The van der Waals surface area contributed by atoms with E-state index < -0.39 is 0 Å². The van der Waals surface area contributed by atoms with Gasteiger partial charge in [0.05, 0.1) is 6.10 Å². The van der Waals surface area contributed by atoms with Gasteiger partial charge in [-0.1, -0.05) is 33.1 Å². The van der Waals surface area contributed by atoms with Crippen LogP contribution in [0.25, 0.3) is 0 Å². The van der Waals surface area contributed by atoms with Gasteiger partial charge in [-0.2, -0.15) is 0 Å². The molecule has 1 aliphatic carbocycles. The Bertz CT molecular complexity index is 125. The highest BCUT2D eigenvalue weighted by molar-refractivity contribution is 4.79. The van der Waals surface area contributed by atoms with Gasteiger partial charge in [0.1, 0.15) is 0 Å². The van der Waals surface area contributed by atoms with Crippen molar-refractivity contribution in [2.75, 3.05) is 0 Å². The summed E-state index contributed by atoms with van der Waals surface area (Å²) in [5.74, 6) is 0. The monoisotopic (exact) mass is 171 g/mol. The van der Waals surface area contributed by atoms with Crippen LogP contribution in [0.3, 0.4) is 0 Å². The van der Waals surface area contributed by atoms with Crippen LogP contribution < -0.4 is 5.32 Å². The van der Waals surface area contributed by atoms with Gasteiger partial charge in [0.2, 0.25) is 0 Å². The summed E-state index contributed by atoms with van der Waals surface area (Å²) < 4.78 is 0. The van der Waals surface area contributed by atoms with Gasteiger partial charge in [0.15, 0.2) is 0 Å². The van der Waals surface area contributed by atoms with E-state index in [1.165, 1.54) is 19.3 Å². The van der Waals surface area contributed by atoms with Gasteiger partial charge in [0, 0.05) is 12.1 Å². The van der Waals surface area contributed by atoms with Gasteiger partial charge in [-0.25, -0.2) is 0 Å². The number of hydrogen-bond donors (Lipinski definition) is 2. The molecule has 2 N–H and O–H groups in total. The summed E-state index contributed by atoms with van der Waals surface area (Å²) in [6, 6.07) is 0.829. The van der Waals surface area contributed by atoms with Crippen LogP contribution in [0.4, 0.5) is 0 Å². The van der Waals surface area contributed by atoms with E-state index in [9.17, 15) is 5.11 Å². The molecule has 0 unspecified atom stereocenters. The van der Waals surface area contributed by atoms with Crippen molar-refractivity contribution in [1.82, 2.24) is 5.32 Å². The second kappa shape index (κ2) is 4.83. The molecular weight excluding hydrogens is 150 g/mol. The molecule has 0 amide bonds. The summed E-state index contributed by atoms with van der Waals surface area (Å²) in [6.07, 6.45) is 5.74. The molecule has 0 radical (unpaired) electrons. The Labute approximate surface area is 75.4 Å². The Morgan fingerprint density at radius 2 is 1.83 bits per heavy atom. The van der Waals surface area contributed by atoms with Gasteiger partial charge in [-0.15, -0.1) is 0 Å². The van der Waals surface area contributed by atoms with Crippen molar-refractivity contribution >= 4 is 0 Å². The highest BCUT2D eigenvalue weighted by Gasteiger charge is 2.21. The maximum atomic E-state index is 9.74. The van der Waals surface area contributed by atoms with Crippen LogP contribution >= 0.6 is 0 Å². The molecule has 0 heterocycles. The third kappa shape index (κ3) is 3.11. The lowest BCUT2D eigenvalue weighted by Gasteiger charge is -2.23. The molecule has 0 bridgehead atoms. The normalized spacial score (nSPS) is 32.0. The van der Waals surface area contributed by atoms with Gasteiger partial charge in [-0.05, 0) is 12.8 Å². The Morgan fingerprint density at radius 1 is 1.17 bits per heavy atom. The lowest BCUT2D eigenvalue weighted by molar-refractivity contribution is 0.116. The van der Waals surface area contributed by atoms with Gasteiger partial charge in [0.25, 0.3) is 0 Å². The minimum absolute atomic E-state index is 0.116. The van der Waals surface area contributed by atoms with Gasteiger partial charge in [-0.3, -0.25) is 0 Å². The van der Waals surface area contributed by atoms with Crippen LogP contribution in [0.1, 0.15) is 46.0 Å². The van der Waals surface area contributed by atoms with Crippen LogP contribution in [0.5, 0.6) is 0 Å². The molecule has 0 aromatic carbocycles. The Morgan fingerprint density at radius 3 is 2.50 bits per heavy atom. The van der Waals surface area contributed by atoms with E-state index in [-0.39, 0.29) is 6.10 Å². The van der Waals surface area contributed by atoms with E-state index in [4.69, 9.17) is 0 Å². The van der Waals surface area contributed by atoms with Gasteiger partial charge >= 0.3 is 0 Å². The fourth-order valence-corrected chi connectivity index (χ4v) is 1.91. The molecule has 2 atom stereocenters. The molecule has 0 aromatic heterocycles. The van der Waals surface area contributed by atoms with Crippen LogP contribution in [0, 0.1) is 0 Å². The zero-order valence-corrected chi connectivity index (χ0v) is 8.21. The van der Waals surface area contributed by atoms with E-state index >= 15 is 0 Å². The fourth-order valence-electron chi connectivity index (χ4n) is 1.91. The predicted octanol–water partition coefficient (Wildman–Crippen LogP) is 1.68. The number of aliphatic hydroxyl groups excluding tert-OH is 1. The summed E-state index contributed by atoms with van der Waals surface area (Å²) in [7, 11) is 0. The van der Waals surface area contributed by atoms with Crippen molar-refractivity contribution in [3.05, 3.63) is 0 Å². The van der Waals surface area contributed by atoms with E-state index in [0.717, 1.165) is 12.8 Å². The standard InChI is InChI=1S/C10H21NO/c1-8(2)11-9-6-4-3-5-7-10(9)12/h8-12H,3-7H2,1-2H3/t9-,10+/m0/s1. The van der Waals surface area contributed by atoms with E-state index in [0.29, 0.717) is 12.1 Å². The molecule has 12 heavy (non-hydrogen) atoms. The van der Waals surface area contributed by atoms with Crippen molar-refractivity contribution in [2.24, 2.45) is 0 Å². The molecular formula is C10H21NO. The van der Waals surface area contributed by atoms with Crippen LogP contribution in [-0.2, 0) is 0 Å². The maximum absolute atomic E-state index is 9.74. The molecule has 1 aliphatic rings. The largest absolute Gasteiger partial charge is 0.392 e. The zero-order chi connectivity index (χ0) is 8.97. The highest BCUT2D eigenvalue weighted by Crippen LogP contribution is 2.18. The highest BCUT2D eigenvalue weighted by atomic mass is 16.3. The van der Waals surface area contributed by atoms with E-state index in [1.54, 1.807) is 0 Å². The molecule has 1 fully saturated rings. The zero-order valence-electron chi connectivity index (χ0n) is 8.21. The molecule has 0 spiro atoms. The number of hydrogen-bond acceptors (Lipinski definition) is 2. The molecule has 0 saturated heterocycles. The number of aliphatic hydroxyl groups is 1. The molecule has 2 heteroatoms. The van der Waals surface area contributed by atoms with E-state index in [2.05, 4.69) is 19.2 Å². The summed E-state index contributed by atoms with van der Waals surface area (Å²) in [6.45, 7) is 4.27. The lowest BCUT2D eigenvalue weighted by Crippen LogP contribution is -2.42. The quantitative estimate of drug-likeness (QED) is 0.620. The minimum atomic E-state index is -0.116. The molecule has 2 nitrogen and oxygen atoms in total. The average Bonchev–Trinajstić information content (AvgIpc) is 2.16. The first-order chi connectivity index (χ1) is 5.70. The van der Waals surface area contributed by atoms with Crippen molar-refractivity contribution in [3.8, 4) is 0 Å². The first-order valence-corrected chi connectivity index (χ1v) is 5.14. The molecule has 0 aliphatic heterocycles. The number of nitrogens with one attached hydrogen (secondary N) is 1. The second-order valence-corrected chi connectivity index (χ2v) is 4.13. The first-order valence-electron chi connectivity index (χ1n) is 5.14. The molecule has 1 rings (SSSR count). The lowest BCUT2D eigenvalue weighted by atomic mass is 10.1. The Balaban J connectivity index is 2.36. The topological polar surface area (TPSA) is 32.3 Å². The van der Waals surface area contributed by atoms with Crippen molar-refractivity contribution in [3.63, 3.8) is 0 Å². The van der Waals surface area contributed by atoms with Crippen LogP contribution in [-0.4, -0.2) is 23.3 Å². The molecule has 72 valence electrons. The molecule has 1 saturated carbocycles. The van der Waals surface area contributed by atoms with E-state index in [1.807, 2.05) is 0 Å². The van der Waals surface area contributed by atoms with Crippen molar-refractivity contribution in [1.29, 1.82) is 0 Å². The Kier molecular flexibility index (Phi) is 4.02. The smallest absolute Gasteiger partial charge is 0.0693 e. The van der Waals surface area contributed by atoms with Crippen LogP contribution in [0.2, 0.25) is 0 Å². The predicted molar refractivity (Wildman–Crippen MR) is 51.2 cm³/mol. The second-order valence-electron chi connectivity index (χ2n) is 4.13. The first kappa shape index (κ1) is 10.0. The summed E-state index contributed by atoms with van der Waals surface area (Å²) in [4.78, 5) is 0. The third-order valence-electron chi connectivity index (χ3n) is 2.53.